The van der Waals surface area contributed by atoms with E-state index < -0.39 is 0 Å². The molecule has 0 amide bonds. The fourth-order valence-corrected chi connectivity index (χ4v) is 2.42. The summed E-state index contributed by atoms with van der Waals surface area (Å²) in [7, 11) is 1.59. The van der Waals surface area contributed by atoms with Gasteiger partial charge in [-0.3, -0.25) is 0 Å². The van der Waals surface area contributed by atoms with Crippen molar-refractivity contribution in [3.05, 3.63) is 23.8 Å². The number of rotatable bonds is 4. The first kappa shape index (κ1) is 12.2. The fraction of sp³-hybridized carbons (Fsp3) is 0.571. The number of piperidine rings is 1. The zero-order valence-corrected chi connectivity index (χ0v) is 10.4. The van der Waals surface area contributed by atoms with Crippen molar-refractivity contribution in [2.75, 3.05) is 20.2 Å². The van der Waals surface area contributed by atoms with Gasteiger partial charge in [-0.25, -0.2) is 0 Å². The molecule has 94 valence electrons. The van der Waals surface area contributed by atoms with Crippen molar-refractivity contribution in [3.63, 3.8) is 0 Å². The molecule has 0 aromatic heterocycles. The largest absolute Gasteiger partial charge is 0.504 e. The summed E-state index contributed by atoms with van der Waals surface area (Å²) in [4.78, 5) is 0. The van der Waals surface area contributed by atoms with Crippen molar-refractivity contribution in [1.82, 2.24) is 5.32 Å². The first-order valence-corrected chi connectivity index (χ1v) is 6.36. The highest BCUT2D eigenvalue weighted by molar-refractivity contribution is 5.41. The number of phenolic OH excluding ortho intramolecular Hbond substituents is 1. The zero-order valence-electron chi connectivity index (χ0n) is 10.4. The molecule has 1 aliphatic heterocycles. The molecule has 0 radical (unpaired) electrons. The number of benzene rings is 1. The molecule has 17 heavy (non-hydrogen) atoms. The van der Waals surface area contributed by atoms with Crippen LogP contribution in [0.3, 0.4) is 0 Å². The predicted molar refractivity (Wildman–Crippen MR) is 68.6 cm³/mol. The van der Waals surface area contributed by atoms with E-state index in [0.717, 1.165) is 25.4 Å². The van der Waals surface area contributed by atoms with Gasteiger partial charge in [0, 0.05) is 0 Å². The molecule has 1 saturated heterocycles. The lowest BCUT2D eigenvalue weighted by molar-refractivity contribution is 0.353. The highest BCUT2D eigenvalue weighted by atomic mass is 16.5. The Hall–Kier alpha value is -1.22. The van der Waals surface area contributed by atoms with E-state index in [2.05, 4.69) is 5.32 Å². The summed E-state index contributed by atoms with van der Waals surface area (Å²) < 4.78 is 5.12. The number of hydrogen-bond acceptors (Lipinski definition) is 3. The van der Waals surface area contributed by atoms with Crippen LogP contribution >= 0.6 is 0 Å². The molecule has 0 bridgehead atoms. The third kappa shape index (κ3) is 3.37. The van der Waals surface area contributed by atoms with Crippen LogP contribution in [0.2, 0.25) is 0 Å². The SMILES string of the molecule is COc1cc(CCC2CCNCC2)ccc1O. The second-order valence-electron chi connectivity index (χ2n) is 4.74. The summed E-state index contributed by atoms with van der Waals surface area (Å²) in [5.41, 5.74) is 1.25. The lowest BCUT2D eigenvalue weighted by Crippen LogP contribution is -2.27. The minimum Gasteiger partial charge on any atom is -0.504 e. The summed E-state index contributed by atoms with van der Waals surface area (Å²) in [5, 5.41) is 12.9. The molecule has 3 heteroatoms. The lowest BCUT2D eigenvalue weighted by atomic mass is 9.91. The molecule has 1 aromatic carbocycles. The summed E-state index contributed by atoms with van der Waals surface area (Å²) in [6, 6.07) is 5.64. The van der Waals surface area contributed by atoms with Gasteiger partial charge in [0.25, 0.3) is 0 Å². The smallest absolute Gasteiger partial charge is 0.160 e. The Balaban J connectivity index is 1.89. The maximum Gasteiger partial charge on any atom is 0.160 e. The number of ether oxygens (including phenoxy) is 1. The molecule has 0 atom stereocenters. The topological polar surface area (TPSA) is 41.5 Å². The molecule has 1 fully saturated rings. The Bertz CT molecular complexity index is 359. The molecule has 0 aliphatic carbocycles. The van der Waals surface area contributed by atoms with Gasteiger partial charge in [-0.05, 0) is 62.4 Å². The molecule has 1 aromatic rings. The maximum absolute atomic E-state index is 9.52. The third-order valence-electron chi connectivity index (χ3n) is 3.54. The monoisotopic (exact) mass is 235 g/mol. The second-order valence-corrected chi connectivity index (χ2v) is 4.74. The molecule has 0 spiro atoms. The van der Waals surface area contributed by atoms with Crippen LogP contribution in [0.1, 0.15) is 24.8 Å². The molecule has 2 rings (SSSR count). The van der Waals surface area contributed by atoms with Crippen molar-refractivity contribution in [3.8, 4) is 11.5 Å². The van der Waals surface area contributed by atoms with Gasteiger partial charge in [0.15, 0.2) is 11.5 Å². The maximum atomic E-state index is 9.52. The average molecular weight is 235 g/mol. The van der Waals surface area contributed by atoms with Crippen molar-refractivity contribution in [1.29, 1.82) is 0 Å². The molecule has 0 unspecified atom stereocenters. The Labute approximate surface area is 103 Å². The van der Waals surface area contributed by atoms with Crippen LogP contribution in [0.15, 0.2) is 18.2 Å². The van der Waals surface area contributed by atoms with Crippen LogP contribution in [-0.4, -0.2) is 25.3 Å². The minimum atomic E-state index is 0.220. The summed E-state index contributed by atoms with van der Waals surface area (Å²) >= 11 is 0. The van der Waals surface area contributed by atoms with E-state index in [-0.39, 0.29) is 5.75 Å². The van der Waals surface area contributed by atoms with E-state index in [4.69, 9.17) is 4.74 Å². The van der Waals surface area contributed by atoms with Crippen LogP contribution in [0.5, 0.6) is 11.5 Å². The second kappa shape index (κ2) is 5.92. The van der Waals surface area contributed by atoms with Crippen LogP contribution in [0.25, 0.3) is 0 Å². The number of aryl methyl sites for hydroxylation is 1. The Morgan fingerprint density at radius 3 is 2.82 bits per heavy atom. The lowest BCUT2D eigenvalue weighted by Gasteiger charge is -2.22. The van der Waals surface area contributed by atoms with Gasteiger partial charge >= 0.3 is 0 Å². The highest BCUT2D eigenvalue weighted by Crippen LogP contribution is 2.27. The van der Waals surface area contributed by atoms with Gasteiger partial charge in [0.2, 0.25) is 0 Å². The van der Waals surface area contributed by atoms with Gasteiger partial charge in [0.05, 0.1) is 7.11 Å². The van der Waals surface area contributed by atoms with Crippen LogP contribution in [-0.2, 0) is 6.42 Å². The van der Waals surface area contributed by atoms with Crippen LogP contribution in [0, 0.1) is 5.92 Å². The molecule has 1 heterocycles. The highest BCUT2D eigenvalue weighted by Gasteiger charge is 2.13. The average Bonchev–Trinajstić information content (AvgIpc) is 2.39. The predicted octanol–water partition coefficient (Wildman–Crippen LogP) is 2.33. The number of aromatic hydroxyl groups is 1. The van der Waals surface area contributed by atoms with Gasteiger partial charge in [-0.15, -0.1) is 0 Å². The third-order valence-corrected chi connectivity index (χ3v) is 3.54. The number of phenols is 1. The Morgan fingerprint density at radius 1 is 1.35 bits per heavy atom. The quantitative estimate of drug-likeness (QED) is 0.841. The zero-order chi connectivity index (χ0) is 12.1. The molecular formula is C14H21NO2. The molecule has 0 saturated carbocycles. The van der Waals surface area contributed by atoms with Crippen molar-refractivity contribution in [2.24, 2.45) is 5.92 Å². The van der Waals surface area contributed by atoms with E-state index in [0.29, 0.717) is 5.75 Å². The van der Waals surface area contributed by atoms with Crippen molar-refractivity contribution in [2.45, 2.75) is 25.7 Å². The summed E-state index contributed by atoms with van der Waals surface area (Å²) in [6.07, 6.45) is 4.88. The first-order chi connectivity index (χ1) is 8.29. The van der Waals surface area contributed by atoms with Gasteiger partial charge in [0.1, 0.15) is 0 Å². The molecule has 1 aliphatic rings. The number of hydrogen-bond donors (Lipinski definition) is 2. The van der Waals surface area contributed by atoms with Gasteiger partial charge in [-0.1, -0.05) is 6.07 Å². The van der Waals surface area contributed by atoms with E-state index in [1.165, 1.54) is 24.8 Å². The fourth-order valence-electron chi connectivity index (χ4n) is 2.42. The minimum absolute atomic E-state index is 0.220. The van der Waals surface area contributed by atoms with Crippen LogP contribution < -0.4 is 10.1 Å². The van der Waals surface area contributed by atoms with E-state index in [9.17, 15) is 5.11 Å². The van der Waals surface area contributed by atoms with Gasteiger partial charge < -0.3 is 15.2 Å². The van der Waals surface area contributed by atoms with E-state index >= 15 is 0 Å². The van der Waals surface area contributed by atoms with E-state index in [1.807, 2.05) is 12.1 Å². The number of methoxy groups -OCH3 is 1. The van der Waals surface area contributed by atoms with Crippen LogP contribution in [0.4, 0.5) is 0 Å². The Kier molecular flexibility index (Phi) is 4.26. The van der Waals surface area contributed by atoms with Crippen molar-refractivity contribution < 1.29 is 9.84 Å². The van der Waals surface area contributed by atoms with Gasteiger partial charge in [-0.2, -0.15) is 0 Å². The number of nitrogens with one attached hydrogen (secondary N) is 1. The standard InChI is InChI=1S/C14H21NO2/c1-17-14-10-12(4-5-13(14)16)3-2-11-6-8-15-9-7-11/h4-5,10-11,15-16H,2-3,6-9H2,1H3. The molecular weight excluding hydrogens is 214 g/mol. The first-order valence-electron chi connectivity index (χ1n) is 6.36. The summed E-state index contributed by atoms with van der Waals surface area (Å²) in [6.45, 7) is 2.31. The van der Waals surface area contributed by atoms with E-state index in [1.54, 1.807) is 13.2 Å². The molecule has 3 nitrogen and oxygen atoms in total. The summed E-state index contributed by atoms with van der Waals surface area (Å²) in [5.74, 6) is 1.64. The van der Waals surface area contributed by atoms with Crippen molar-refractivity contribution >= 4 is 0 Å². The Morgan fingerprint density at radius 2 is 2.12 bits per heavy atom. The molecule has 2 N–H and O–H groups in total. The normalized spacial score (nSPS) is 17.0.